The van der Waals surface area contributed by atoms with E-state index >= 15 is 0 Å². The first-order valence-electron chi connectivity index (χ1n) is 9.11. The van der Waals surface area contributed by atoms with Crippen LogP contribution in [0.2, 0.25) is 5.02 Å². The summed E-state index contributed by atoms with van der Waals surface area (Å²) in [6.45, 7) is 4.37. The maximum atomic E-state index is 12.5. The lowest BCUT2D eigenvalue weighted by atomic mass is 9.97. The van der Waals surface area contributed by atoms with Gasteiger partial charge >= 0.3 is 17.8 Å². The summed E-state index contributed by atoms with van der Waals surface area (Å²) in [7, 11) is 0. The molecule has 1 aromatic rings. The third-order valence-corrected chi connectivity index (χ3v) is 5.02. The highest BCUT2D eigenvalue weighted by Gasteiger charge is 2.46. The van der Waals surface area contributed by atoms with Crippen LogP contribution in [-0.4, -0.2) is 69.2 Å². The van der Waals surface area contributed by atoms with Crippen LogP contribution in [0.4, 0.5) is 10.6 Å². The molecule has 1 N–H and O–H groups in total. The Kier molecular flexibility index (Phi) is 5.95. The number of amides is 5. The monoisotopic (exact) mass is 407 g/mol. The lowest BCUT2D eigenvalue weighted by Gasteiger charge is -2.33. The topological polar surface area (TPSA) is 103 Å². The minimum absolute atomic E-state index is 0.00436. The number of carbonyl (C=O) groups excluding carboxylic acids is 4. The van der Waals surface area contributed by atoms with Gasteiger partial charge in [0.25, 0.3) is 0 Å². The Balaban J connectivity index is 1.61. The molecule has 2 saturated heterocycles. The smallest absolute Gasteiger partial charge is 0.310 e. The number of rotatable bonds is 5. The van der Waals surface area contributed by atoms with Crippen LogP contribution >= 0.6 is 11.6 Å². The Hall–Kier alpha value is -2.52. The van der Waals surface area contributed by atoms with Crippen LogP contribution in [0.5, 0.6) is 0 Å². The van der Waals surface area contributed by atoms with Gasteiger partial charge in [0.2, 0.25) is 5.91 Å². The number of imide groups is 2. The summed E-state index contributed by atoms with van der Waals surface area (Å²) in [5, 5.41) is 3.23. The molecule has 0 radical (unpaired) electrons. The lowest BCUT2D eigenvalue weighted by molar-refractivity contribution is -0.144. The highest BCUT2D eigenvalue weighted by Crippen LogP contribution is 2.21. The summed E-state index contributed by atoms with van der Waals surface area (Å²) in [5.74, 6) is -1.71. The second kappa shape index (κ2) is 8.24. The van der Waals surface area contributed by atoms with Crippen molar-refractivity contribution in [3.63, 3.8) is 0 Å². The predicted molar refractivity (Wildman–Crippen MR) is 101 cm³/mol. The molecule has 0 saturated carbocycles. The average molecular weight is 408 g/mol. The molecular formula is C18H22ClN5O4. The Morgan fingerprint density at radius 1 is 1.29 bits per heavy atom. The number of likely N-dealkylation sites (tertiary alicyclic amines) is 1. The molecule has 9 nitrogen and oxygen atoms in total. The van der Waals surface area contributed by atoms with Gasteiger partial charge in [0, 0.05) is 18.8 Å². The molecule has 0 spiro atoms. The molecule has 3 rings (SSSR count). The molecule has 1 aromatic heterocycles. The molecule has 0 aliphatic carbocycles. The van der Waals surface area contributed by atoms with E-state index in [0.29, 0.717) is 30.4 Å². The number of hydrogen-bond acceptors (Lipinski definition) is 6. The van der Waals surface area contributed by atoms with Crippen LogP contribution < -0.4 is 5.32 Å². The number of carbonyl (C=O) groups is 4. The van der Waals surface area contributed by atoms with Gasteiger partial charge in [0.15, 0.2) is 0 Å². The van der Waals surface area contributed by atoms with E-state index in [1.54, 1.807) is 26.0 Å². The van der Waals surface area contributed by atoms with Gasteiger partial charge in [-0.25, -0.2) is 14.7 Å². The summed E-state index contributed by atoms with van der Waals surface area (Å²) >= 11 is 5.79. The van der Waals surface area contributed by atoms with Crippen LogP contribution in [0.25, 0.3) is 0 Å². The second-order valence-electron chi connectivity index (χ2n) is 7.19. The van der Waals surface area contributed by atoms with Gasteiger partial charge in [-0.05, 0) is 45.4 Å². The van der Waals surface area contributed by atoms with E-state index in [1.807, 2.05) is 4.90 Å². The van der Waals surface area contributed by atoms with Gasteiger partial charge in [-0.2, -0.15) is 0 Å². The Labute approximate surface area is 167 Å². The fourth-order valence-electron chi connectivity index (χ4n) is 3.38. The Bertz CT molecular complexity index is 798. The molecule has 28 heavy (non-hydrogen) atoms. The van der Waals surface area contributed by atoms with E-state index in [0.717, 1.165) is 16.2 Å². The summed E-state index contributed by atoms with van der Waals surface area (Å²) in [4.78, 5) is 57.0. The number of pyridine rings is 1. The van der Waals surface area contributed by atoms with Crippen molar-refractivity contribution >= 4 is 41.2 Å². The van der Waals surface area contributed by atoms with Crippen LogP contribution in [0.3, 0.4) is 0 Å². The summed E-state index contributed by atoms with van der Waals surface area (Å²) in [5.41, 5.74) is 0. The highest BCUT2D eigenvalue weighted by atomic mass is 35.5. The quantitative estimate of drug-likeness (QED) is 0.586. The zero-order chi connectivity index (χ0) is 20.4. The summed E-state index contributed by atoms with van der Waals surface area (Å²) < 4.78 is 0. The van der Waals surface area contributed by atoms with Crippen LogP contribution in [0.1, 0.15) is 26.7 Å². The van der Waals surface area contributed by atoms with Gasteiger partial charge in [-0.15, -0.1) is 0 Å². The second-order valence-corrected chi connectivity index (χ2v) is 7.63. The van der Waals surface area contributed by atoms with Crippen molar-refractivity contribution in [2.24, 2.45) is 5.92 Å². The number of urea groups is 1. The highest BCUT2D eigenvalue weighted by molar-refractivity contribution is 6.44. The Morgan fingerprint density at radius 3 is 2.64 bits per heavy atom. The minimum atomic E-state index is -0.823. The molecule has 1 atom stereocenters. The number of halogens is 1. The molecule has 2 aliphatic rings. The van der Waals surface area contributed by atoms with E-state index in [2.05, 4.69) is 10.3 Å². The van der Waals surface area contributed by atoms with E-state index in [9.17, 15) is 19.2 Å². The first-order chi connectivity index (χ1) is 13.3. The standard InChI is InChI=1S/C18H22ClN5O4/c1-11(2)24-17(27)16(26)23(18(24)28)10-22-7-3-4-12(9-22)15(25)21-14-6-5-13(19)8-20-14/h5-6,8,11-12H,3-4,7,9-10H2,1-2H3,(H,20,21,25). The zero-order valence-electron chi connectivity index (χ0n) is 15.7. The number of nitrogens with zero attached hydrogens (tertiary/aromatic N) is 4. The van der Waals surface area contributed by atoms with E-state index in [-0.39, 0.29) is 24.5 Å². The van der Waals surface area contributed by atoms with E-state index in [4.69, 9.17) is 11.6 Å². The molecule has 1 unspecified atom stereocenters. The molecule has 2 aliphatic heterocycles. The maximum absolute atomic E-state index is 12.5. The molecule has 2 fully saturated rings. The van der Waals surface area contributed by atoms with Gasteiger partial charge in [-0.3, -0.25) is 24.2 Å². The maximum Gasteiger partial charge on any atom is 0.335 e. The third kappa shape index (κ3) is 4.15. The third-order valence-electron chi connectivity index (χ3n) is 4.80. The molecule has 5 amide bonds. The molecule has 10 heteroatoms. The predicted octanol–water partition coefficient (Wildman–Crippen LogP) is 1.54. The zero-order valence-corrected chi connectivity index (χ0v) is 16.5. The van der Waals surface area contributed by atoms with Crippen molar-refractivity contribution in [1.82, 2.24) is 19.7 Å². The largest absolute Gasteiger partial charge is 0.335 e. The van der Waals surface area contributed by atoms with Gasteiger partial charge in [0.1, 0.15) is 5.82 Å². The summed E-state index contributed by atoms with van der Waals surface area (Å²) in [6.07, 6.45) is 2.88. The molecule has 3 heterocycles. The SMILES string of the molecule is CC(C)N1C(=O)C(=O)N(CN2CCCC(C(=O)Nc3ccc(Cl)cn3)C2)C1=O. The molecule has 0 bridgehead atoms. The van der Waals surface area contributed by atoms with Crippen LogP contribution in [-0.2, 0) is 14.4 Å². The normalized spacial score (nSPS) is 21.0. The number of nitrogens with one attached hydrogen (secondary N) is 1. The minimum Gasteiger partial charge on any atom is -0.310 e. The van der Waals surface area contributed by atoms with E-state index in [1.165, 1.54) is 6.20 Å². The van der Waals surface area contributed by atoms with Crippen molar-refractivity contribution < 1.29 is 19.2 Å². The lowest BCUT2D eigenvalue weighted by Crippen LogP contribution is -2.48. The first kappa shape index (κ1) is 20.2. The van der Waals surface area contributed by atoms with Crippen molar-refractivity contribution in [1.29, 1.82) is 0 Å². The van der Waals surface area contributed by atoms with E-state index < -0.39 is 17.8 Å². The average Bonchev–Trinajstić information content (AvgIpc) is 2.87. The Morgan fingerprint density at radius 2 is 2.04 bits per heavy atom. The number of aromatic nitrogens is 1. The molecule has 150 valence electrons. The number of piperidine rings is 1. The summed E-state index contributed by atoms with van der Waals surface area (Å²) in [6, 6.07) is 2.26. The van der Waals surface area contributed by atoms with Gasteiger partial charge < -0.3 is 5.32 Å². The van der Waals surface area contributed by atoms with Crippen molar-refractivity contribution in [2.45, 2.75) is 32.7 Å². The van der Waals surface area contributed by atoms with Crippen molar-refractivity contribution in [2.75, 3.05) is 25.1 Å². The molecule has 0 aromatic carbocycles. The number of hydrogen-bond donors (Lipinski definition) is 1. The van der Waals surface area contributed by atoms with Gasteiger partial charge in [-0.1, -0.05) is 11.6 Å². The number of anilines is 1. The fraction of sp³-hybridized carbons (Fsp3) is 0.500. The molecular weight excluding hydrogens is 386 g/mol. The fourth-order valence-corrected chi connectivity index (χ4v) is 3.49. The van der Waals surface area contributed by atoms with Crippen molar-refractivity contribution in [3.05, 3.63) is 23.4 Å². The first-order valence-corrected chi connectivity index (χ1v) is 9.49. The van der Waals surface area contributed by atoms with Crippen LogP contribution in [0, 0.1) is 5.92 Å². The van der Waals surface area contributed by atoms with Crippen LogP contribution in [0.15, 0.2) is 18.3 Å². The van der Waals surface area contributed by atoms with Gasteiger partial charge in [0.05, 0.1) is 17.6 Å². The van der Waals surface area contributed by atoms with Crippen molar-refractivity contribution in [3.8, 4) is 0 Å².